The molecule has 0 radical (unpaired) electrons. The predicted octanol–water partition coefficient (Wildman–Crippen LogP) is 4.27. The lowest BCUT2D eigenvalue weighted by Gasteiger charge is -2.18. The molecular formula is C15H24IN3O. The molecule has 5 heteroatoms. The van der Waals surface area contributed by atoms with Crippen molar-refractivity contribution in [2.75, 3.05) is 19.0 Å². The summed E-state index contributed by atoms with van der Waals surface area (Å²) < 4.78 is 6.59. The largest absolute Gasteiger partial charge is 0.374 e. The van der Waals surface area contributed by atoms with Gasteiger partial charge in [-0.1, -0.05) is 19.8 Å². The fourth-order valence-corrected chi connectivity index (χ4v) is 3.47. The van der Waals surface area contributed by atoms with E-state index in [9.17, 15) is 0 Å². The second kappa shape index (κ2) is 7.54. The van der Waals surface area contributed by atoms with Crippen molar-refractivity contribution in [1.29, 1.82) is 0 Å². The Labute approximate surface area is 135 Å². The van der Waals surface area contributed by atoms with Gasteiger partial charge in [0.05, 0.1) is 9.26 Å². The number of nitrogens with one attached hydrogen (secondary N) is 1. The zero-order chi connectivity index (χ0) is 14.5. The maximum absolute atomic E-state index is 5.40. The van der Waals surface area contributed by atoms with Gasteiger partial charge in [-0.3, -0.25) is 0 Å². The van der Waals surface area contributed by atoms with E-state index in [1.807, 2.05) is 6.92 Å². The fraction of sp³-hybridized carbons (Fsp3) is 0.733. The minimum absolute atomic E-state index is 0.0608. The third-order valence-electron chi connectivity index (χ3n) is 3.90. The van der Waals surface area contributed by atoms with Crippen molar-refractivity contribution in [3.63, 3.8) is 0 Å². The van der Waals surface area contributed by atoms with Crippen LogP contribution in [0.2, 0.25) is 0 Å². The van der Waals surface area contributed by atoms with Crippen LogP contribution in [0.1, 0.15) is 69.5 Å². The Balaban J connectivity index is 2.36. The molecule has 1 aromatic rings. The smallest absolute Gasteiger partial charge is 0.159 e. The third kappa shape index (κ3) is 3.61. The number of rotatable bonds is 6. The normalized spacial score (nSPS) is 17.4. The Morgan fingerprint density at radius 2 is 2.05 bits per heavy atom. The second-order valence-corrected chi connectivity index (χ2v) is 6.49. The highest BCUT2D eigenvalue weighted by Gasteiger charge is 2.24. The van der Waals surface area contributed by atoms with Gasteiger partial charge in [-0.05, 0) is 48.8 Å². The molecular weight excluding hydrogens is 365 g/mol. The van der Waals surface area contributed by atoms with Crippen molar-refractivity contribution in [2.24, 2.45) is 0 Å². The Bertz CT molecular complexity index is 447. The Morgan fingerprint density at radius 3 is 2.65 bits per heavy atom. The number of hydrogen-bond acceptors (Lipinski definition) is 4. The molecule has 1 atom stereocenters. The molecule has 1 heterocycles. The first-order valence-corrected chi connectivity index (χ1v) is 8.59. The lowest BCUT2D eigenvalue weighted by Crippen LogP contribution is -2.14. The van der Waals surface area contributed by atoms with E-state index in [0.717, 1.165) is 24.6 Å². The highest BCUT2D eigenvalue weighted by atomic mass is 127. The molecule has 0 spiro atoms. The van der Waals surface area contributed by atoms with Gasteiger partial charge < -0.3 is 10.1 Å². The molecule has 1 unspecified atom stereocenters. The van der Waals surface area contributed by atoms with E-state index in [0.29, 0.717) is 5.92 Å². The number of nitrogens with zero attached hydrogens (tertiary/aromatic N) is 2. The summed E-state index contributed by atoms with van der Waals surface area (Å²) in [6.07, 6.45) is 6.17. The monoisotopic (exact) mass is 389 g/mol. The molecule has 1 N–H and O–H groups in total. The molecule has 0 saturated heterocycles. The van der Waals surface area contributed by atoms with Gasteiger partial charge in [-0.25, -0.2) is 9.97 Å². The second-order valence-electron chi connectivity index (χ2n) is 5.42. The molecule has 0 bridgehead atoms. The highest BCUT2D eigenvalue weighted by Crippen LogP contribution is 2.37. The number of ether oxygens (including phenoxy) is 1. The van der Waals surface area contributed by atoms with Gasteiger partial charge in [0.15, 0.2) is 5.82 Å². The molecule has 112 valence electrons. The minimum Gasteiger partial charge on any atom is -0.374 e. The summed E-state index contributed by atoms with van der Waals surface area (Å²) >= 11 is 2.39. The van der Waals surface area contributed by atoms with Crippen LogP contribution >= 0.6 is 22.6 Å². The first kappa shape index (κ1) is 15.9. The minimum atomic E-state index is -0.0608. The summed E-state index contributed by atoms with van der Waals surface area (Å²) in [4.78, 5) is 9.47. The molecule has 20 heavy (non-hydrogen) atoms. The van der Waals surface area contributed by atoms with E-state index < -0.39 is 0 Å². The van der Waals surface area contributed by atoms with Gasteiger partial charge >= 0.3 is 0 Å². The van der Waals surface area contributed by atoms with Crippen LogP contribution in [-0.2, 0) is 4.74 Å². The van der Waals surface area contributed by atoms with Crippen LogP contribution in [0.3, 0.4) is 0 Å². The van der Waals surface area contributed by atoms with Crippen molar-refractivity contribution >= 4 is 28.4 Å². The van der Waals surface area contributed by atoms with Crippen LogP contribution in [0.4, 0.5) is 5.82 Å². The number of hydrogen-bond donors (Lipinski definition) is 1. The summed E-state index contributed by atoms with van der Waals surface area (Å²) in [5.41, 5.74) is 1.22. The Kier molecular flexibility index (Phi) is 6.01. The third-order valence-corrected chi connectivity index (χ3v) is 4.96. The maximum Gasteiger partial charge on any atom is 0.159 e. The Hall–Kier alpha value is -0.430. The molecule has 0 amide bonds. The van der Waals surface area contributed by atoms with E-state index in [2.05, 4.69) is 39.8 Å². The molecule has 1 fully saturated rings. The molecule has 4 nitrogen and oxygen atoms in total. The molecule has 0 aliphatic heterocycles. The van der Waals surface area contributed by atoms with E-state index in [4.69, 9.17) is 9.72 Å². The topological polar surface area (TPSA) is 47.0 Å². The molecule has 1 aliphatic carbocycles. The van der Waals surface area contributed by atoms with E-state index >= 15 is 0 Å². The standard InChI is InChI=1S/C15H24IN3O/c1-4-9-17-15-12(16)13(11-7-5-6-8-11)18-14(19-15)10(2)20-3/h10-11H,4-9H2,1-3H3,(H,17,18,19). The van der Waals surface area contributed by atoms with Crippen molar-refractivity contribution < 1.29 is 4.74 Å². The maximum atomic E-state index is 5.40. The summed E-state index contributed by atoms with van der Waals surface area (Å²) in [6, 6.07) is 0. The highest BCUT2D eigenvalue weighted by molar-refractivity contribution is 14.1. The van der Waals surface area contributed by atoms with Crippen LogP contribution in [-0.4, -0.2) is 23.6 Å². The lowest BCUT2D eigenvalue weighted by molar-refractivity contribution is 0.112. The van der Waals surface area contributed by atoms with Crippen molar-refractivity contribution in [3.8, 4) is 0 Å². The number of anilines is 1. The predicted molar refractivity (Wildman–Crippen MR) is 90.2 cm³/mol. The van der Waals surface area contributed by atoms with E-state index in [1.54, 1.807) is 7.11 Å². The van der Waals surface area contributed by atoms with Crippen LogP contribution in [0, 0.1) is 3.57 Å². The van der Waals surface area contributed by atoms with Crippen LogP contribution in [0.25, 0.3) is 0 Å². The Morgan fingerprint density at radius 1 is 1.35 bits per heavy atom. The zero-order valence-electron chi connectivity index (χ0n) is 12.6. The zero-order valence-corrected chi connectivity index (χ0v) is 14.7. The molecule has 2 rings (SSSR count). The molecule has 1 aliphatic rings. The van der Waals surface area contributed by atoms with Gasteiger partial charge in [0.25, 0.3) is 0 Å². The SMILES string of the molecule is CCCNc1nc(C(C)OC)nc(C2CCCC2)c1I. The molecule has 1 saturated carbocycles. The fourth-order valence-electron chi connectivity index (χ4n) is 2.60. The van der Waals surface area contributed by atoms with Crippen LogP contribution in [0.5, 0.6) is 0 Å². The summed E-state index contributed by atoms with van der Waals surface area (Å²) in [5.74, 6) is 2.37. The number of methoxy groups -OCH3 is 1. The van der Waals surface area contributed by atoms with Gasteiger partial charge in [0.1, 0.15) is 11.9 Å². The first-order chi connectivity index (χ1) is 9.67. The average molecular weight is 389 g/mol. The average Bonchev–Trinajstić information content (AvgIpc) is 2.99. The lowest BCUT2D eigenvalue weighted by atomic mass is 10.0. The van der Waals surface area contributed by atoms with Gasteiger partial charge in [-0.2, -0.15) is 0 Å². The summed E-state index contributed by atoms with van der Waals surface area (Å²) in [6.45, 7) is 5.11. The van der Waals surface area contributed by atoms with Crippen LogP contribution in [0.15, 0.2) is 0 Å². The van der Waals surface area contributed by atoms with Crippen molar-refractivity contribution in [1.82, 2.24) is 9.97 Å². The molecule has 1 aromatic heterocycles. The number of aromatic nitrogens is 2. The van der Waals surface area contributed by atoms with E-state index in [1.165, 1.54) is 34.9 Å². The van der Waals surface area contributed by atoms with Gasteiger partial charge in [-0.15, -0.1) is 0 Å². The summed E-state index contributed by atoms with van der Waals surface area (Å²) in [5, 5.41) is 3.43. The van der Waals surface area contributed by atoms with Crippen LogP contribution < -0.4 is 5.32 Å². The first-order valence-electron chi connectivity index (χ1n) is 7.51. The van der Waals surface area contributed by atoms with Gasteiger partial charge in [0.2, 0.25) is 0 Å². The van der Waals surface area contributed by atoms with Gasteiger partial charge in [0, 0.05) is 19.6 Å². The van der Waals surface area contributed by atoms with E-state index in [-0.39, 0.29) is 6.10 Å². The summed E-state index contributed by atoms with van der Waals surface area (Å²) in [7, 11) is 1.71. The van der Waals surface area contributed by atoms with Crippen molar-refractivity contribution in [3.05, 3.63) is 15.1 Å². The number of halogens is 1. The van der Waals surface area contributed by atoms with Crippen molar-refractivity contribution in [2.45, 2.75) is 58.0 Å². The quantitative estimate of drug-likeness (QED) is 0.739. The molecule has 0 aromatic carbocycles.